The van der Waals surface area contributed by atoms with Gasteiger partial charge in [0.1, 0.15) is 5.82 Å². The number of H-pyrrole nitrogens is 1. The second-order valence-electron chi connectivity index (χ2n) is 4.37. The molecule has 5 heteroatoms. The van der Waals surface area contributed by atoms with Crippen LogP contribution in [-0.2, 0) is 22.4 Å². The van der Waals surface area contributed by atoms with Crippen LogP contribution in [0.2, 0.25) is 0 Å². The maximum Gasteiger partial charge on any atom is 0.108 e. The molecule has 1 aliphatic rings. The minimum atomic E-state index is 0.646. The van der Waals surface area contributed by atoms with Crippen molar-refractivity contribution in [2.24, 2.45) is 0 Å². The average Bonchev–Trinajstić information content (AvgIpc) is 3.06. The number of imidazole rings is 1. The van der Waals surface area contributed by atoms with E-state index in [4.69, 9.17) is 9.47 Å². The van der Waals surface area contributed by atoms with Crippen LogP contribution in [-0.4, -0.2) is 42.9 Å². The number of nitrogens with one attached hydrogen (secondary N) is 2. The van der Waals surface area contributed by atoms with Crippen LogP contribution in [0.1, 0.15) is 24.4 Å². The molecule has 0 aromatic carbocycles. The summed E-state index contributed by atoms with van der Waals surface area (Å²) in [5.74, 6) is 0.995. The third-order valence-corrected chi connectivity index (χ3v) is 2.75. The van der Waals surface area contributed by atoms with E-state index in [-0.39, 0.29) is 0 Å². The Balaban J connectivity index is 1.59. The summed E-state index contributed by atoms with van der Waals surface area (Å²) in [6.07, 6.45) is 5.36. The maximum atomic E-state index is 5.39. The largest absolute Gasteiger partial charge is 0.382 e. The standard InChI is InChI=1S/C12H21N3O2/c1-16-6-7-17-5-4-12-14-9-11(15-12)8-13-10-2-3-10/h9-10,13H,2-8H2,1H3,(H,14,15). The Morgan fingerprint density at radius 3 is 3.06 bits per heavy atom. The zero-order valence-corrected chi connectivity index (χ0v) is 10.4. The normalized spacial score (nSPS) is 15.4. The van der Waals surface area contributed by atoms with E-state index < -0.39 is 0 Å². The molecular weight excluding hydrogens is 218 g/mol. The lowest BCUT2D eigenvalue weighted by atomic mass is 10.4. The van der Waals surface area contributed by atoms with Crippen molar-refractivity contribution in [3.63, 3.8) is 0 Å². The fourth-order valence-corrected chi connectivity index (χ4v) is 1.58. The Morgan fingerprint density at radius 2 is 2.29 bits per heavy atom. The Labute approximate surface area is 102 Å². The molecule has 1 fully saturated rings. The molecular formula is C12H21N3O2. The van der Waals surface area contributed by atoms with Gasteiger partial charge in [-0.1, -0.05) is 0 Å². The van der Waals surface area contributed by atoms with Gasteiger partial charge in [0.05, 0.1) is 19.8 Å². The summed E-state index contributed by atoms with van der Waals surface area (Å²) in [6.45, 7) is 2.87. The van der Waals surface area contributed by atoms with Crippen molar-refractivity contribution in [3.8, 4) is 0 Å². The summed E-state index contributed by atoms with van der Waals surface area (Å²) in [6, 6.07) is 0.735. The van der Waals surface area contributed by atoms with E-state index in [1.165, 1.54) is 12.8 Å². The summed E-state index contributed by atoms with van der Waals surface area (Å²) in [4.78, 5) is 7.63. The summed E-state index contributed by atoms with van der Waals surface area (Å²) in [5, 5.41) is 3.45. The first-order chi connectivity index (χ1) is 8.38. The first kappa shape index (κ1) is 12.5. The fraction of sp³-hybridized carbons (Fsp3) is 0.750. The smallest absolute Gasteiger partial charge is 0.108 e. The third kappa shape index (κ3) is 4.85. The van der Waals surface area contributed by atoms with Gasteiger partial charge in [0.15, 0.2) is 0 Å². The molecule has 1 saturated carbocycles. The number of nitrogens with zero attached hydrogens (tertiary/aromatic N) is 1. The highest BCUT2D eigenvalue weighted by atomic mass is 16.5. The fourth-order valence-electron chi connectivity index (χ4n) is 1.58. The number of rotatable bonds is 9. The van der Waals surface area contributed by atoms with E-state index in [2.05, 4.69) is 15.3 Å². The molecule has 96 valence electrons. The van der Waals surface area contributed by atoms with Crippen LogP contribution in [0.15, 0.2) is 6.20 Å². The third-order valence-electron chi connectivity index (χ3n) is 2.75. The minimum absolute atomic E-state index is 0.646. The van der Waals surface area contributed by atoms with Crippen molar-refractivity contribution in [2.75, 3.05) is 26.9 Å². The molecule has 0 atom stereocenters. The zero-order chi connectivity index (χ0) is 11.9. The quantitative estimate of drug-likeness (QED) is 0.628. The number of methoxy groups -OCH3 is 1. The van der Waals surface area contributed by atoms with Crippen molar-refractivity contribution in [1.82, 2.24) is 15.3 Å². The summed E-state index contributed by atoms with van der Waals surface area (Å²) >= 11 is 0. The molecule has 2 N–H and O–H groups in total. The van der Waals surface area contributed by atoms with Crippen LogP contribution < -0.4 is 5.32 Å². The Bertz CT molecular complexity index is 323. The van der Waals surface area contributed by atoms with E-state index in [9.17, 15) is 0 Å². The molecule has 1 heterocycles. The lowest BCUT2D eigenvalue weighted by Crippen LogP contribution is -2.15. The van der Waals surface area contributed by atoms with E-state index in [1.54, 1.807) is 7.11 Å². The van der Waals surface area contributed by atoms with Gasteiger partial charge >= 0.3 is 0 Å². The minimum Gasteiger partial charge on any atom is -0.382 e. The second-order valence-corrected chi connectivity index (χ2v) is 4.37. The number of hydrogen-bond donors (Lipinski definition) is 2. The molecule has 0 spiro atoms. The number of aromatic nitrogens is 2. The maximum absolute atomic E-state index is 5.39. The van der Waals surface area contributed by atoms with Crippen LogP contribution in [0.4, 0.5) is 0 Å². The van der Waals surface area contributed by atoms with Gasteiger partial charge in [0, 0.05) is 38.0 Å². The Morgan fingerprint density at radius 1 is 1.41 bits per heavy atom. The van der Waals surface area contributed by atoms with Gasteiger partial charge < -0.3 is 19.8 Å². The van der Waals surface area contributed by atoms with Gasteiger partial charge in [0.25, 0.3) is 0 Å². The molecule has 17 heavy (non-hydrogen) atoms. The Kier molecular flexibility index (Phi) is 4.97. The van der Waals surface area contributed by atoms with Crippen LogP contribution >= 0.6 is 0 Å². The van der Waals surface area contributed by atoms with E-state index in [1.807, 2.05) is 6.20 Å². The highest BCUT2D eigenvalue weighted by Crippen LogP contribution is 2.18. The van der Waals surface area contributed by atoms with Gasteiger partial charge in [-0.05, 0) is 12.8 Å². The van der Waals surface area contributed by atoms with Crippen LogP contribution in [0, 0.1) is 0 Å². The van der Waals surface area contributed by atoms with Gasteiger partial charge in [-0.2, -0.15) is 0 Å². The molecule has 2 rings (SSSR count). The predicted octanol–water partition coefficient (Wildman–Crippen LogP) is 0.867. The molecule has 1 aliphatic carbocycles. The lowest BCUT2D eigenvalue weighted by Gasteiger charge is -2.01. The number of ether oxygens (including phenoxy) is 2. The van der Waals surface area contributed by atoms with Crippen LogP contribution in [0.3, 0.4) is 0 Å². The molecule has 0 saturated heterocycles. The van der Waals surface area contributed by atoms with Crippen molar-refractivity contribution in [3.05, 3.63) is 17.7 Å². The van der Waals surface area contributed by atoms with Gasteiger partial charge in [-0.25, -0.2) is 4.98 Å². The molecule has 5 nitrogen and oxygen atoms in total. The van der Waals surface area contributed by atoms with Crippen molar-refractivity contribution >= 4 is 0 Å². The zero-order valence-electron chi connectivity index (χ0n) is 10.4. The first-order valence-electron chi connectivity index (χ1n) is 6.21. The summed E-state index contributed by atoms with van der Waals surface area (Å²) in [5.41, 5.74) is 1.16. The lowest BCUT2D eigenvalue weighted by molar-refractivity contribution is 0.0717. The molecule has 1 aromatic heterocycles. The molecule has 1 aromatic rings. The summed E-state index contributed by atoms with van der Waals surface area (Å²) in [7, 11) is 1.68. The second kappa shape index (κ2) is 6.74. The molecule has 0 amide bonds. The van der Waals surface area contributed by atoms with E-state index in [0.29, 0.717) is 19.8 Å². The molecule has 0 aliphatic heterocycles. The van der Waals surface area contributed by atoms with Crippen molar-refractivity contribution in [2.45, 2.75) is 31.8 Å². The molecule has 0 radical (unpaired) electrons. The van der Waals surface area contributed by atoms with Crippen molar-refractivity contribution < 1.29 is 9.47 Å². The van der Waals surface area contributed by atoms with Crippen molar-refractivity contribution in [1.29, 1.82) is 0 Å². The van der Waals surface area contributed by atoms with E-state index >= 15 is 0 Å². The van der Waals surface area contributed by atoms with Gasteiger partial charge in [-0.3, -0.25) is 0 Å². The predicted molar refractivity (Wildman–Crippen MR) is 64.8 cm³/mol. The number of aromatic amines is 1. The summed E-state index contributed by atoms with van der Waals surface area (Å²) < 4.78 is 10.3. The molecule has 0 bridgehead atoms. The topological polar surface area (TPSA) is 59.2 Å². The SMILES string of the molecule is COCCOCCc1ncc(CNC2CC2)[nH]1. The Hall–Kier alpha value is -0.910. The van der Waals surface area contributed by atoms with Crippen LogP contribution in [0.5, 0.6) is 0 Å². The van der Waals surface area contributed by atoms with Crippen LogP contribution in [0.25, 0.3) is 0 Å². The highest BCUT2D eigenvalue weighted by molar-refractivity contribution is 5.02. The van der Waals surface area contributed by atoms with Gasteiger partial charge in [-0.15, -0.1) is 0 Å². The average molecular weight is 239 g/mol. The number of hydrogen-bond acceptors (Lipinski definition) is 4. The molecule has 0 unspecified atom stereocenters. The first-order valence-corrected chi connectivity index (χ1v) is 6.21. The monoisotopic (exact) mass is 239 g/mol. The highest BCUT2D eigenvalue weighted by Gasteiger charge is 2.20. The van der Waals surface area contributed by atoms with E-state index in [0.717, 1.165) is 30.5 Å². The van der Waals surface area contributed by atoms with Gasteiger partial charge in [0.2, 0.25) is 0 Å².